The van der Waals surface area contributed by atoms with Crippen LogP contribution in [0.25, 0.3) is 10.9 Å². The Morgan fingerprint density at radius 3 is 2.44 bits per heavy atom. The molecule has 3 rings (SSSR count). The summed E-state index contributed by atoms with van der Waals surface area (Å²) in [7, 11) is 0. The second kappa shape index (κ2) is 7.21. The molecule has 128 valence electrons. The topological polar surface area (TPSA) is 63.1 Å². The number of nitrogens with one attached hydrogen (secondary N) is 2. The third kappa shape index (κ3) is 3.71. The number of fused-ring (bicyclic) bond motifs is 1. The average Bonchev–Trinajstić information content (AvgIpc) is 2.99. The second-order valence-electron chi connectivity index (χ2n) is 5.91. The predicted molar refractivity (Wildman–Crippen MR) is 99.5 cm³/mol. The lowest BCUT2D eigenvalue weighted by atomic mass is 10.1. The summed E-state index contributed by atoms with van der Waals surface area (Å²) in [5.74, 6) is -0.192. The van der Waals surface area contributed by atoms with Crippen LogP contribution in [0.15, 0.2) is 54.7 Å². The third-order valence-electron chi connectivity index (χ3n) is 4.10. The van der Waals surface area contributed by atoms with Crippen molar-refractivity contribution in [2.24, 2.45) is 0 Å². The minimum Gasteiger partial charge on any atom is -0.348 e. The number of carbonyl (C=O) groups excluding carboxylic acids is 2. The first-order chi connectivity index (χ1) is 12.1. The monoisotopic (exact) mass is 335 g/mol. The number of para-hydroxylation sites is 1. The average molecular weight is 335 g/mol. The van der Waals surface area contributed by atoms with Crippen LogP contribution in [0.1, 0.15) is 29.8 Å². The fourth-order valence-electron chi connectivity index (χ4n) is 2.88. The van der Waals surface area contributed by atoms with Gasteiger partial charge in [-0.15, -0.1) is 0 Å². The van der Waals surface area contributed by atoms with Gasteiger partial charge in [0.1, 0.15) is 0 Å². The SMILES string of the molecule is CCn1cc(C(=O)NCc2ccc(NC(C)=O)cc2)c2ccccc21. The van der Waals surface area contributed by atoms with E-state index < -0.39 is 0 Å². The highest BCUT2D eigenvalue weighted by Gasteiger charge is 2.13. The molecule has 0 saturated heterocycles. The molecule has 0 atom stereocenters. The minimum absolute atomic E-state index is 0.0886. The van der Waals surface area contributed by atoms with Gasteiger partial charge in [0, 0.05) is 42.8 Å². The Labute approximate surface area is 146 Å². The fraction of sp³-hybridized carbons (Fsp3) is 0.200. The van der Waals surface area contributed by atoms with E-state index in [1.807, 2.05) is 54.7 Å². The maximum Gasteiger partial charge on any atom is 0.253 e. The van der Waals surface area contributed by atoms with Gasteiger partial charge in [-0.25, -0.2) is 0 Å². The zero-order valence-corrected chi connectivity index (χ0v) is 14.4. The second-order valence-corrected chi connectivity index (χ2v) is 5.91. The molecular weight excluding hydrogens is 314 g/mol. The molecule has 0 aliphatic rings. The number of rotatable bonds is 5. The van der Waals surface area contributed by atoms with E-state index in [0.29, 0.717) is 12.1 Å². The molecule has 2 aromatic carbocycles. The molecule has 2 N–H and O–H groups in total. The molecule has 0 bridgehead atoms. The van der Waals surface area contributed by atoms with Crippen LogP contribution in [0, 0.1) is 0 Å². The van der Waals surface area contributed by atoms with Gasteiger partial charge in [0.05, 0.1) is 5.56 Å². The molecule has 0 spiro atoms. The van der Waals surface area contributed by atoms with E-state index >= 15 is 0 Å². The van der Waals surface area contributed by atoms with Gasteiger partial charge in [-0.3, -0.25) is 9.59 Å². The summed E-state index contributed by atoms with van der Waals surface area (Å²) >= 11 is 0. The van der Waals surface area contributed by atoms with E-state index in [-0.39, 0.29) is 11.8 Å². The van der Waals surface area contributed by atoms with Gasteiger partial charge in [-0.2, -0.15) is 0 Å². The molecule has 0 radical (unpaired) electrons. The number of aryl methyl sites for hydroxylation is 1. The smallest absolute Gasteiger partial charge is 0.253 e. The number of anilines is 1. The van der Waals surface area contributed by atoms with Crippen LogP contribution < -0.4 is 10.6 Å². The van der Waals surface area contributed by atoms with Crippen LogP contribution in [0.5, 0.6) is 0 Å². The molecule has 2 amide bonds. The number of aromatic nitrogens is 1. The van der Waals surface area contributed by atoms with Crippen LogP contribution in [-0.2, 0) is 17.9 Å². The lowest BCUT2D eigenvalue weighted by Gasteiger charge is -2.06. The number of nitrogens with zero attached hydrogens (tertiary/aromatic N) is 1. The first kappa shape index (κ1) is 16.8. The van der Waals surface area contributed by atoms with E-state index in [1.165, 1.54) is 6.92 Å². The van der Waals surface area contributed by atoms with Crippen molar-refractivity contribution in [3.05, 3.63) is 65.9 Å². The van der Waals surface area contributed by atoms with Gasteiger partial charge in [0.2, 0.25) is 5.91 Å². The molecule has 0 fully saturated rings. The van der Waals surface area contributed by atoms with Crippen molar-refractivity contribution >= 4 is 28.4 Å². The third-order valence-corrected chi connectivity index (χ3v) is 4.10. The minimum atomic E-state index is -0.103. The number of hydrogen-bond acceptors (Lipinski definition) is 2. The molecule has 5 nitrogen and oxygen atoms in total. The maximum absolute atomic E-state index is 12.6. The Balaban J connectivity index is 1.72. The molecule has 0 aliphatic heterocycles. The van der Waals surface area contributed by atoms with Crippen molar-refractivity contribution in [2.45, 2.75) is 26.9 Å². The molecule has 1 heterocycles. The Hall–Kier alpha value is -3.08. The molecule has 25 heavy (non-hydrogen) atoms. The summed E-state index contributed by atoms with van der Waals surface area (Å²) in [6.07, 6.45) is 1.90. The Kier molecular flexibility index (Phi) is 4.84. The lowest BCUT2D eigenvalue weighted by Crippen LogP contribution is -2.22. The number of amides is 2. The van der Waals surface area contributed by atoms with Crippen molar-refractivity contribution in [2.75, 3.05) is 5.32 Å². The molecule has 5 heteroatoms. The summed E-state index contributed by atoms with van der Waals surface area (Å²) in [5, 5.41) is 6.65. The summed E-state index contributed by atoms with van der Waals surface area (Å²) in [6.45, 7) is 4.79. The molecule has 0 aliphatic carbocycles. The Bertz CT molecular complexity index is 910. The maximum atomic E-state index is 12.6. The summed E-state index contributed by atoms with van der Waals surface area (Å²) in [4.78, 5) is 23.6. The highest BCUT2D eigenvalue weighted by Crippen LogP contribution is 2.21. The van der Waals surface area contributed by atoms with Crippen LogP contribution in [0.3, 0.4) is 0 Å². The van der Waals surface area contributed by atoms with Gasteiger partial charge in [-0.05, 0) is 30.7 Å². The van der Waals surface area contributed by atoms with Gasteiger partial charge < -0.3 is 15.2 Å². The van der Waals surface area contributed by atoms with E-state index in [0.717, 1.165) is 28.7 Å². The molecule has 3 aromatic rings. The molecule has 1 aromatic heterocycles. The van der Waals surface area contributed by atoms with Crippen molar-refractivity contribution in [1.82, 2.24) is 9.88 Å². The van der Waals surface area contributed by atoms with Gasteiger partial charge in [0.15, 0.2) is 0 Å². The van der Waals surface area contributed by atoms with Crippen LogP contribution in [-0.4, -0.2) is 16.4 Å². The largest absolute Gasteiger partial charge is 0.348 e. The Morgan fingerprint density at radius 1 is 1.04 bits per heavy atom. The van der Waals surface area contributed by atoms with Crippen LogP contribution >= 0.6 is 0 Å². The highest BCUT2D eigenvalue weighted by molar-refractivity contribution is 6.07. The summed E-state index contributed by atoms with van der Waals surface area (Å²) in [5.41, 5.74) is 3.47. The standard InChI is InChI=1S/C20H21N3O2/c1-3-23-13-18(17-6-4-5-7-19(17)23)20(25)21-12-15-8-10-16(11-9-15)22-14(2)24/h4-11,13H,3,12H2,1-2H3,(H,21,25)(H,22,24). The quantitative estimate of drug-likeness (QED) is 0.749. The first-order valence-electron chi connectivity index (χ1n) is 8.31. The number of carbonyl (C=O) groups is 2. The first-order valence-corrected chi connectivity index (χ1v) is 8.31. The van der Waals surface area contributed by atoms with Gasteiger partial charge in [-0.1, -0.05) is 30.3 Å². The van der Waals surface area contributed by atoms with E-state index in [4.69, 9.17) is 0 Å². The molecular formula is C20H21N3O2. The van der Waals surface area contributed by atoms with E-state index in [9.17, 15) is 9.59 Å². The van der Waals surface area contributed by atoms with E-state index in [1.54, 1.807) is 0 Å². The van der Waals surface area contributed by atoms with Crippen molar-refractivity contribution in [1.29, 1.82) is 0 Å². The summed E-state index contributed by atoms with van der Waals surface area (Å²) in [6, 6.07) is 15.3. The zero-order valence-electron chi connectivity index (χ0n) is 14.4. The van der Waals surface area contributed by atoms with Gasteiger partial charge in [0.25, 0.3) is 5.91 Å². The normalized spacial score (nSPS) is 10.6. The fourth-order valence-corrected chi connectivity index (χ4v) is 2.88. The molecule has 0 saturated carbocycles. The molecule has 0 unspecified atom stereocenters. The van der Waals surface area contributed by atoms with Crippen molar-refractivity contribution in [3.8, 4) is 0 Å². The van der Waals surface area contributed by atoms with Gasteiger partial charge >= 0.3 is 0 Å². The number of benzene rings is 2. The Morgan fingerprint density at radius 2 is 1.76 bits per heavy atom. The highest BCUT2D eigenvalue weighted by atomic mass is 16.2. The number of hydrogen-bond donors (Lipinski definition) is 2. The lowest BCUT2D eigenvalue weighted by molar-refractivity contribution is -0.114. The summed E-state index contributed by atoms with van der Waals surface area (Å²) < 4.78 is 2.08. The van der Waals surface area contributed by atoms with Crippen LogP contribution in [0.2, 0.25) is 0 Å². The predicted octanol–water partition coefficient (Wildman–Crippen LogP) is 3.55. The van der Waals surface area contributed by atoms with Crippen LogP contribution in [0.4, 0.5) is 5.69 Å². The van der Waals surface area contributed by atoms with Crippen molar-refractivity contribution in [3.63, 3.8) is 0 Å². The zero-order chi connectivity index (χ0) is 17.8. The van der Waals surface area contributed by atoms with Crippen molar-refractivity contribution < 1.29 is 9.59 Å². The van der Waals surface area contributed by atoms with E-state index in [2.05, 4.69) is 22.1 Å².